The average Bonchev–Trinajstić information content (AvgIpc) is 2.51. The highest BCUT2D eigenvalue weighted by Gasteiger charge is 2.15. The Morgan fingerprint density at radius 2 is 2.54 bits per heavy atom. The Kier molecular flexibility index (Phi) is 3.71. The maximum atomic E-state index is 10.9. The van der Waals surface area contributed by atoms with Crippen molar-refractivity contribution >= 4 is 28.9 Å². The van der Waals surface area contributed by atoms with E-state index in [4.69, 9.17) is 17.3 Å². The van der Waals surface area contributed by atoms with E-state index in [1.165, 1.54) is 18.4 Å². The number of carbonyl (C=O) groups excluding carboxylic acids is 1. The minimum atomic E-state index is -0.361. The van der Waals surface area contributed by atoms with Crippen LogP contribution in [0.4, 0.5) is 0 Å². The zero-order chi connectivity index (χ0) is 9.84. The summed E-state index contributed by atoms with van der Waals surface area (Å²) in [5, 5.41) is 2.45. The number of carbonyl (C=O) groups is 1. The molecule has 5 heteroatoms. The number of rotatable bonds is 3. The van der Waals surface area contributed by atoms with Gasteiger partial charge in [0.15, 0.2) is 0 Å². The highest BCUT2D eigenvalue weighted by Crippen LogP contribution is 2.28. The fourth-order valence-electron chi connectivity index (χ4n) is 0.926. The van der Waals surface area contributed by atoms with Gasteiger partial charge in [0.05, 0.1) is 24.6 Å². The number of hydrogen-bond acceptors (Lipinski definition) is 4. The lowest BCUT2D eigenvalue weighted by atomic mass is 10.2. The molecule has 0 saturated carbocycles. The van der Waals surface area contributed by atoms with Gasteiger partial charge < -0.3 is 10.5 Å². The van der Waals surface area contributed by atoms with E-state index in [0.29, 0.717) is 5.02 Å². The van der Waals surface area contributed by atoms with Crippen LogP contribution in [0, 0.1) is 0 Å². The van der Waals surface area contributed by atoms with E-state index in [1.54, 1.807) is 6.07 Å². The minimum Gasteiger partial charge on any atom is -0.469 e. The standard InChI is InChI=1S/C8H10ClNO2S/c1-12-7(11)4-6(10)8-5(9)2-3-13-8/h2-3,6H,4,10H2,1H3/t6-/m1/s1. The molecule has 1 aromatic heterocycles. The van der Waals surface area contributed by atoms with Crippen LogP contribution < -0.4 is 5.73 Å². The number of methoxy groups -OCH3 is 1. The van der Waals surface area contributed by atoms with E-state index in [9.17, 15) is 4.79 Å². The van der Waals surface area contributed by atoms with Crippen molar-refractivity contribution in [3.05, 3.63) is 21.3 Å². The summed E-state index contributed by atoms with van der Waals surface area (Å²) in [5.74, 6) is -0.322. The predicted molar refractivity (Wildman–Crippen MR) is 52.9 cm³/mol. The van der Waals surface area contributed by atoms with Gasteiger partial charge in [-0.1, -0.05) is 11.6 Å². The van der Waals surface area contributed by atoms with Crippen LogP contribution in [0.3, 0.4) is 0 Å². The molecule has 3 nitrogen and oxygen atoms in total. The summed E-state index contributed by atoms with van der Waals surface area (Å²) in [6.45, 7) is 0. The van der Waals surface area contributed by atoms with E-state index in [-0.39, 0.29) is 18.4 Å². The van der Waals surface area contributed by atoms with Crippen LogP contribution in [0.5, 0.6) is 0 Å². The van der Waals surface area contributed by atoms with Gasteiger partial charge in [-0.25, -0.2) is 0 Å². The lowest BCUT2D eigenvalue weighted by Crippen LogP contribution is -2.15. The van der Waals surface area contributed by atoms with Crippen LogP contribution in [0.2, 0.25) is 5.02 Å². The molecule has 0 radical (unpaired) electrons. The zero-order valence-electron chi connectivity index (χ0n) is 7.12. The van der Waals surface area contributed by atoms with Gasteiger partial charge in [-0.2, -0.15) is 0 Å². The second-order valence-electron chi connectivity index (χ2n) is 2.52. The first-order valence-electron chi connectivity index (χ1n) is 3.70. The van der Waals surface area contributed by atoms with Gasteiger partial charge in [-0.3, -0.25) is 4.79 Å². The van der Waals surface area contributed by atoms with Crippen LogP contribution in [0.15, 0.2) is 11.4 Å². The van der Waals surface area contributed by atoms with Gasteiger partial charge in [0.25, 0.3) is 0 Å². The Morgan fingerprint density at radius 3 is 3.00 bits per heavy atom. The summed E-state index contributed by atoms with van der Waals surface area (Å²) in [6, 6.07) is 1.40. The monoisotopic (exact) mass is 219 g/mol. The van der Waals surface area contributed by atoms with Crippen LogP contribution in [0.25, 0.3) is 0 Å². The van der Waals surface area contributed by atoms with Gasteiger partial charge in [-0.05, 0) is 11.4 Å². The first-order valence-corrected chi connectivity index (χ1v) is 4.96. The Balaban J connectivity index is 2.63. The third kappa shape index (κ3) is 2.69. The first kappa shape index (κ1) is 10.5. The molecular weight excluding hydrogens is 210 g/mol. The topological polar surface area (TPSA) is 52.3 Å². The second kappa shape index (κ2) is 4.60. The van der Waals surface area contributed by atoms with Crippen molar-refractivity contribution in [3.63, 3.8) is 0 Å². The summed E-state index contributed by atoms with van der Waals surface area (Å²) >= 11 is 7.28. The summed E-state index contributed by atoms with van der Waals surface area (Å²) in [7, 11) is 1.34. The van der Waals surface area contributed by atoms with Crippen molar-refractivity contribution < 1.29 is 9.53 Å². The molecule has 1 heterocycles. The predicted octanol–water partition coefficient (Wildman–Crippen LogP) is 1.96. The molecule has 0 bridgehead atoms. The molecule has 1 aromatic rings. The Labute approximate surface area is 85.4 Å². The molecule has 0 amide bonds. The van der Waals surface area contributed by atoms with Crippen molar-refractivity contribution in [1.82, 2.24) is 0 Å². The van der Waals surface area contributed by atoms with Crippen LogP contribution in [-0.2, 0) is 9.53 Å². The molecule has 0 aliphatic heterocycles. The molecule has 0 spiro atoms. The average molecular weight is 220 g/mol. The van der Waals surface area contributed by atoms with E-state index in [0.717, 1.165) is 4.88 Å². The minimum absolute atomic E-state index is 0.163. The van der Waals surface area contributed by atoms with E-state index in [1.807, 2.05) is 5.38 Å². The van der Waals surface area contributed by atoms with Crippen molar-refractivity contribution in [2.24, 2.45) is 5.73 Å². The highest BCUT2D eigenvalue weighted by atomic mass is 35.5. The molecule has 0 aromatic carbocycles. The van der Waals surface area contributed by atoms with Crippen molar-refractivity contribution in [2.45, 2.75) is 12.5 Å². The van der Waals surface area contributed by atoms with Gasteiger partial charge >= 0.3 is 5.97 Å². The largest absolute Gasteiger partial charge is 0.469 e. The second-order valence-corrected chi connectivity index (χ2v) is 3.87. The Morgan fingerprint density at radius 1 is 1.85 bits per heavy atom. The zero-order valence-corrected chi connectivity index (χ0v) is 8.69. The lowest BCUT2D eigenvalue weighted by Gasteiger charge is -2.07. The third-order valence-corrected chi connectivity index (χ3v) is 3.09. The number of esters is 1. The molecule has 0 fully saturated rings. The van der Waals surface area contributed by atoms with Crippen LogP contribution in [0.1, 0.15) is 17.3 Å². The Hall–Kier alpha value is -0.580. The number of thiophene rings is 1. The fraction of sp³-hybridized carbons (Fsp3) is 0.375. The van der Waals surface area contributed by atoms with Crippen LogP contribution in [-0.4, -0.2) is 13.1 Å². The van der Waals surface area contributed by atoms with Crippen molar-refractivity contribution in [3.8, 4) is 0 Å². The summed E-state index contributed by atoms with van der Waals surface area (Å²) in [6.07, 6.45) is 0.163. The number of hydrogen-bond donors (Lipinski definition) is 1. The van der Waals surface area contributed by atoms with E-state index < -0.39 is 0 Å². The molecule has 72 valence electrons. The molecule has 0 saturated heterocycles. The summed E-state index contributed by atoms with van der Waals surface area (Å²) < 4.78 is 4.50. The lowest BCUT2D eigenvalue weighted by molar-refractivity contribution is -0.141. The molecule has 1 atom stereocenters. The van der Waals surface area contributed by atoms with Crippen molar-refractivity contribution in [2.75, 3.05) is 7.11 Å². The SMILES string of the molecule is COC(=O)C[C@@H](N)c1sccc1Cl. The van der Waals surface area contributed by atoms with E-state index in [2.05, 4.69) is 4.74 Å². The summed E-state index contributed by atoms with van der Waals surface area (Å²) in [4.78, 5) is 11.7. The molecule has 13 heavy (non-hydrogen) atoms. The smallest absolute Gasteiger partial charge is 0.307 e. The molecular formula is C8H10ClNO2S. The number of nitrogens with two attached hydrogens (primary N) is 1. The van der Waals surface area contributed by atoms with Gasteiger partial charge in [0.1, 0.15) is 0 Å². The molecule has 0 aliphatic rings. The van der Waals surface area contributed by atoms with Gasteiger partial charge in [0.2, 0.25) is 0 Å². The highest BCUT2D eigenvalue weighted by molar-refractivity contribution is 7.10. The van der Waals surface area contributed by atoms with Crippen molar-refractivity contribution in [1.29, 1.82) is 0 Å². The first-order chi connectivity index (χ1) is 6.15. The normalized spacial score (nSPS) is 12.5. The third-order valence-electron chi connectivity index (χ3n) is 1.60. The van der Waals surface area contributed by atoms with Crippen LogP contribution >= 0.6 is 22.9 Å². The Bertz CT molecular complexity index is 300. The van der Waals surface area contributed by atoms with E-state index >= 15 is 0 Å². The molecule has 0 aliphatic carbocycles. The molecule has 0 unspecified atom stereocenters. The van der Waals surface area contributed by atoms with Gasteiger partial charge in [0, 0.05) is 4.88 Å². The molecule has 1 rings (SSSR count). The van der Waals surface area contributed by atoms with Gasteiger partial charge in [-0.15, -0.1) is 11.3 Å². The maximum absolute atomic E-state index is 10.9. The number of halogens is 1. The fourth-order valence-corrected chi connectivity index (χ4v) is 2.13. The quantitative estimate of drug-likeness (QED) is 0.791. The summed E-state index contributed by atoms with van der Waals surface area (Å²) in [5.41, 5.74) is 5.74. The molecule has 2 N–H and O–H groups in total. The maximum Gasteiger partial charge on any atom is 0.307 e. The number of ether oxygens (including phenoxy) is 1.